The second-order valence-electron chi connectivity index (χ2n) is 17.8. The van der Waals surface area contributed by atoms with E-state index >= 15 is 0 Å². The molecule has 2 aliphatic heterocycles. The minimum Gasteiger partial charge on any atom is -0.506 e. The highest BCUT2D eigenvalue weighted by molar-refractivity contribution is 5.96. The smallest absolute Gasteiger partial charge is 0.347 e. The number of likely N-dealkylation sites (tertiary alicyclic amines) is 2. The van der Waals surface area contributed by atoms with Gasteiger partial charge in [-0.25, -0.2) is 4.79 Å². The number of carbonyl (C=O) groups excluding carboxylic acids is 3. The van der Waals surface area contributed by atoms with Gasteiger partial charge in [-0.05, 0) is 121 Å². The summed E-state index contributed by atoms with van der Waals surface area (Å²) in [6, 6.07) is 40.1. The molecule has 8 rings (SSSR count). The first-order chi connectivity index (χ1) is 32.5. The summed E-state index contributed by atoms with van der Waals surface area (Å²) < 4.78 is 5.96. The van der Waals surface area contributed by atoms with Gasteiger partial charge in [-0.2, -0.15) is 0 Å². The number of fused-ring (bicyclic) bond motifs is 1. The summed E-state index contributed by atoms with van der Waals surface area (Å²) in [5, 5.41) is 39.9. The maximum absolute atomic E-state index is 14.0. The zero-order chi connectivity index (χ0) is 46.8. The van der Waals surface area contributed by atoms with Gasteiger partial charge in [0.05, 0.1) is 24.8 Å². The lowest BCUT2D eigenvalue weighted by Gasteiger charge is -2.34. The van der Waals surface area contributed by atoms with E-state index in [0.29, 0.717) is 66.5 Å². The van der Waals surface area contributed by atoms with Crippen molar-refractivity contribution in [2.24, 2.45) is 5.92 Å². The predicted molar refractivity (Wildman–Crippen MR) is 256 cm³/mol. The molecular weight excluding hydrogens is 847 g/mol. The van der Waals surface area contributed by atoms with Gasteiger partial charge in [0.2, 0.25) is 17.1 Å². The maximum atomic E-state index is 14.0. The van der Waals surface area contributed by atoms with Crippen LogP contribution in [0.25, 0.3) is 10.9 Å². The number of rotatable bonds is 17. The van der Waals surface area contributed by atoms with E-state index in [0.717, 1.165) is 43.6 Å². The molecule has 13 nitrogen and oxygen atoms in total. The number of hydrogen-bond donors (Lipinski definition) is 6. The van der Waals surface area contributed by atoms with E-state index < -0.39 is 17.7 Å². The summed E-state index contributed by atoms with van der Waals surface area (Å²) in [5.74, 6) is -0.952. The van der Waals surface area contributed by atoms with Crippen molar-refractivity contribution < 1.29 is 34.4 Å². The number of carbonyl (C=O) groups is 3. The molecule has 0 saturated carbocycles. The number of phenolic OH excluding ortho intramolecular Hbond substituents is 1. The molecule has 2 fully saturated rings. The van der Waals surface area contributed by atoms with Crippen LogP contribution in [-0.4, -0.2) is 100 Å². The molecule has 2 amide bonds. The Morgan fingerprint density at radius 3 is 2.21 bits per heavy atom. The summed E-state index contributed by atoms with van der Waals surface area (Å²) in [6.45, 7) is 4.68. The molecule has 348 valence electrons. The van der Waals surface area contributed by atoms with Gasteiger partial charge in [-0.15, -0.1) is 0 Å². The number of nitrogens with zero attached hydrogens (tertiary/aromatic N) is 2. The third kappa shape index (κ3) is 11.5. The third-order valence-electron chi connectivity index (χ3n) is 13.3. The number of hydrogen-bond acceptors (Lipinski definition) is 10. The average molecular weight is 906 g/mol. The van der Waals surface area contributed by atoms with Crippen molar-refractivity contribution in [3.8, 4) is 5.75 Å². The summed E-state index contributed by atoms with van der Waals surface area (Å²) in [7, 11) is 0. The second kappa shape index (κ2) is 21.8. The van der Waals surface area contributed by atoms with Gasteiger partial charge in [-0.1, -0.05) is 103 Å². The van der Waals surface area contributed by atoms with E-state index in [-0.39, 0.29) is 60.2 Å². The molecule has 0 bridgehead atoms. The number of aliphatic hydroxyl groups excluding tert-OH is 1. The summed E-state index contributed by atoms with van der Waals surface area (Å²) in [6.07, 6.45) is 2.97. The molecule has 5 aromatic carbocycles. The fourth-order valence-corrected chi connectivity index (χ4v) is 9.34. The number of phenols is 1. The van der Waals surface area contributed by atoms with Crippen LogP contribution < -0.4 is 16.2 Å². The van der Waals surface area contributed by atoms with Crippen LogP contribution in [0.1, 0.15) is 81.4 Å². The Kier molecular flexibility index (Phi) is 15.2. The Labute approximate surface area is 390 Å². The summed E-state index contributed by atoms with van der Waals surface area (Å²) >= 11 is 0. The molecule has 0 radical (unpaired) electrons. The van der Waals surface area contributed by atoms with Gasteiger partial charge < -0.3 is 40.6 Å². The minimum absolute atomic E-state index is 0.0640. The van der Waals surface area contributed by atoms with Gasteiger partial charge in [0.25, 0.3) is 5.91 Å². The SMILES string of the molecule is O=C(NCC(=O)N1CCC(c2cccc(C(O)(C(=O)OCC3CCN(Cc4ccccc4)CC3)c3ccccc3)c2)CC1)c1ccc(CCNC[C@H](O)c2ccc(O)c3[nH]c(=O)ccc23)cc1. The van der Waals surface area contributed by atoms with Crippen molar-refractivity contribution in [2.45, 2.75) is 56.3 Å². The second-order valence-corrected chi connectivity index (χ2v) is 17.8. The van der Waals surface area contributed by atoms with Crippen LogP contribution in [0.5, 0.6) is 5.75 Å². The Morgan fingerprint density at radius 1 is 0.776 bits per heavy atom. The topological polar surface area (TPSA) is 185 Å². The Bertz CT molecular complexity index is 2680. The molecule has 1 unspecified atom stereocenters. The number of aliphatic hydroxyl groups is 2. The lowest BCUT2D eigenvalue weighted by molar-refractivity contribution is -0.164. The van der Waals surface area contributed by atoms with Crippen LogP contribution in [0.2, 0.25) is 0 Å². The third-order valence-corrected chi connectivity index (χ3v) is 13.3. The van der Waals surface area contributed by atoms with E-state index in [1.165, 1.54) is 17.7 Å². The monoisotopic (exact) mass is 905 g/mol. The molecule has 13 heteroatoms. The molecule has 1 aromatic heterocycles. The highest BCUT2D eigenvalue weighted by atomic mass is 16.5. The standard InChI is InChI=1S/C54H59N5O8/c60-47-20-18-45(46-19-21-49(62)57-51(46)47)48(61)33-55-27-22-37-14-16-41(17-15-37)52(64)56-34-50(63)59-30-25-40(26-31-59)42-10-7-13-44(32-42)54(66,43-11-5-2-6-12-43)53(65)67-36-39-23-28-58(29-24-39)35-38-8-3-1-4-9-38/h1-21,32,39-40,48,55,60-61,66H,22-31,33-36H2,(H,56,64)(H,57,62)/t48-,54?/m0/s1. The van der Waals surface area contributed by atoms with Crippen molar-refractivity contribution in [1.82, 2.24) is 25.4 Å². The van der Waals surface area contributed by atoms with Gasteiger partial charge in [0, 0.05) is 43.2 Å². The van der Waals surface area contributed by atoms with Crippen molar-refractivity contribution in [2.75, 3.05) is 52.4 Å². The molecule has 6 aromatic rings. The zero-order valence-corrected chi connectivity index (χ0v) is 37.6. The minimum atomic E-state index is -2.00. The van der Waals surface area contributed by atoms with Crippen molar-refractivity contribution in [3.63, 3.8) is 0 Å². The number of esters is 1. The summed E-state index contributed by atoms with van der Waals surface area (Å²) in [4.78, 5) is 58.8. The van der Waals surface area contributed by atoms with Crippen LogP contribution in [0, 0.1) is 5.92 Å². The quantitative estimate of drug-likeness (QED) is 0.0474. The fraction of sp³-hybridized carbons (Fsp3) is 0.333. The number of piperidine rings is 2. The zero-order valence-electron chi connectivity index (χ0n) is 37.6. The van der Waals surface area contributed by atoms with Crippen molar-refractivity contribution in [1.29, 1.82) is 0 Å². The average Bonchev–Trinajstić information content (AvgIpc) is 3.37. The fourth-order valence-electron chi connectivity index (χ4n) is 9.34. The number of aromatic amines is 1. The number of amides is 2. The van der Waals surface area contributed by atoms with Gasteiger partial charge in [0.15, 0.2) is 0 Å². The molecule has 6 N–H and O–H groups in total. The lowest BCUT2D eigenvalue weighted by atomic mass is 9.82. The molecule has 3 heterocycles. The van der Waals surface area contributed by atoms with Gasteiger partial charge in [-0.3, -0.25) is 19.3 Å². The van der Waals surface area contributed by atoms with Crippen LogP contribution in [-0.2, 0) is 32.9 Å². The van der Waals surface area contributed by atoms with E-state index in [9.17, 15) is 34.5 Å². The van der Waals surface area contributed by atoms with Crippen LogP contribution in [0.3, 0.4) is 0 Å². The number of ether oxygens (including phenoxy) is 1. The number of nitrogens with one attached hydrogen (secondary N) is 3. The van der Waals surface area contributed by atoms with E-state index in [4.69, 9.17) is 4.74 Å². The lowest BCUT2D eigenvalue weighted by Crippen LogP contribution is -2.43. The molecule has 2 aliphatic rings. The van der Waals surface area contributed by atoms with Crippen molar-refractivity contribution in [3.05, 3.63) is 183 Å². The Morgan fingerprint density at radius 2 is 1.48 bits per heavy atom. The van der Waals surface area contributed by atoms with Gasteiger partial charge >= 0.3 is 5.97 Å². The molecule has 0 spiro atoms. The highest BCUT2D eigenvalue weighted by Gasteiger charge is 2.42. The first-order valence-electron chi connectivity index (χ1n) is 23.3. The first-order valence-corrected chi connectivity index (χ1v) is 23.3. The van der Waals surface area contributed by atoms with Gasteiger partial charge in [0.1, 0.15) is 5.75 Å². The number of aromatic nitrogens is 1. The van der Waals surface area contributed by atoms with Crippen LogP contribution >= 0.6 is 0 Å². The number of H-pyrrole nitrogens is 1. The number of benzene rings is 5. The summed E-state index contributed by atoms with van der Waals surface area (Å²) in [5.41, 5.74) is 3.11. The van der Waals surface area contributed by atoms with E-state index in [1.54, 1.807) is 59.5 Å². The van der Waals surface area contributed by atoms with Crippen LogP contribution in [0.4, 0.5) is 0 Å². The Hall–Kier alpha value is -6.64. The maximum Gasteiger partial charge on any atom is 0.347 e. The molecule has 67 heavy (non-hydrogen) atoms. The normalized spacial score (nSPS) is 16.3. The first kappa shape index (κ1) is 46.9. The highest BCUT2D eigenvalue weighted by Crippen LogP contribution is 2.36. The van der Waals surface area contributed by atoms with E-state index in [2.05, 4.69) is 44.8 Å². The van der Waals surface area contributed by atoms with E-state index in [1.807, 2.05) is 42.5 Å². The molecule has 2 saturated heterocycles. The molecular formula is C54H59N5O8. The Balaban J connectivity index is 0.784. The number of pyridine rings is 1. The van der Waals surface area contributed by atoms with Crippen LogP contribution in [0.15, 0.2) is 138 Å². The molecule has 0 aliphatic carbocycles. The number of aromatic hydroxyl groups is 1. The van der Waals surface area contributed by atoms with Crippen molar-refractivity contribution >= 4 is 28.7 Å². The predicted octanol–water partition coefficient (Wildman–Crippen LogP) is 5.93. The molecule has 2 atom stereocenters. The largest absolute Gasteiger partial charge is 0.506 e.